The summed E-state index contributed by atoms with van der Waals surface area (Å²) in [5.41, 5.74) is 1.17. The van der Waals surface area contributed by atoms with Crippen LogP contribution in [0.5, 0.6) is 0 Å². The molecule has 2 aromatic rings. The van der Waals surface area contributed by atoms with Gasteiger partial charge in [-0.25, -0.2) is 4.98 Å². The maximum atomic E-state index is 12.2. The van der Waals surface area contributed by atoms with Crippen LogP contribution in [0.15, 0.2) is 53.1 Å². The number of rotatable bonds is 5. The molecule has 1 aromatic carbocycles. The molecular weight excluding hydrogens is 354 g/mol. The highest BCUT2D eigenvalue weighted by Gasteiger charge is 2.24. The van der Waals surface area contributed by atoms with Crippen molar-refractivity contribution >= 4 is 27.7 Å². The SMILES string of the molecule is O=C(CCc1ccccc1Br)NC1CCN(c2ccccn2)C1. The number of aryl methyl sites for hydroxylation is 1. The maximum absolute atomic E-state index is 12.2. The highest BCUT2D eigenvalue weighted by Crippen LogP contribution is 2.19. The first kappa shape index (κ1) is 16.0. The second-order valence-electron chi connectivity index (χ2n) is 5.78. The molecule has 0 bridgehead atoms. The molecule has 1 aromatic heterocycles. The van der Waals surface area contributed by atoms with Gasteiger partial charge >= 0.3 is 0 Å². The van der Waals surface area contributed by atoms with Gasteiger partial charge in [0.15, 0.2) is 0 Å². The van der Waals surface area contributed by atoms with E-state index in [2.05, 4.69) is 37.2 Å². The minimum Gasteiger partial charge on any atom is -0.354 e. The summed E-state index contributed by atoms with van der Waals surface area (Å²) in [7, 11) is 0. The standard InChI is InChI=1S/C18H20BrN3O/c19-16-6-2-1-5-14(16)8-9-18(23)21-15-10-12-22(13-15)17-7-3-4-11-20-17/h1-7,11,15H,8-10,12-13H2,(H,21,23). The van der Waals surface area contributed by atoms with Crippen LogP contribution in [-0.4, -0.2) is 30.0 Å². The van der Waals surface area contributed by atoms with E-state index in [4.69, 9.17) is 0 Å². The van der Waals surface area contributed by atoms with Crippen LogP contribution < -0.4 is 10.2 Å². The van der Waals surface area contributed by atoms with E-state index in [0.717, 1.165) is 36.2 Å². The molecule has 1 fully saturated rings. The zero-order valence-electron chi connectivity index (χ0n) is 12.9. The van der Waals surface area contributed by atoms with Crippen LogP contribution in [-0.2, 0) is 11.2 Å². The molecule has 2 heterocycles. The van der Waals surface area contributed by atoms with Crippen molar-refractivity contribution in [3.63, 3.8) is 0 Å². The summed E-state index contributed by atoms with van der Waals surface area (Å²) < 4.78 is 1.06. The van der Waals surface area contributed by atoms with E-state index in [-0.39, 0.29) is 11.9 Å². The molecule has 1 saturated heterocycles. The summed E-state index contributed by atoms with van der Waals surface area (Å²) in [6.07, 6.45) is 4.04. The van der Waals surface area contributed by atoms with Crippen molar-refractivity contribution in [1.82, 2.24) is 10.3 Å². The Labute approximate surface area is 145 Å². The largest absolute Gasteiger partial charge is 0.354 e. The zero-order chi connectivity index (χ0) is 16.1. The third kappa shape index (κ3) is 4.32. The van der Waals surface area contributed by atoms with Crippen molar-refractivity contribution in [2.24, 2.45) is 0 Å². The van der Waals surface area contributed by atoms with Gasteiger partial charge in [-0.3, -0.25) is 4.79 Å². The Bertz CT molecular complexity index is 662. The summed E-state index contributed by atoms with van der Waals surface area (Å²) in [6.45, 7) is 1.77. The predicted molar refractivity (Wildman–Crippen MR) is 95.5 cm³/mol. The fourth-order valence-electron chi connectivity index (χ4n) is 2.88. The van der Waals surface area contributed by atoms with Gasteiger partial charge in [0.2, 0.25) is 5.91 Å². The number of aromatic nitrogens is 1. The Morgan fingerprint density at radius 3 is 2.87 bits per heavy atom. The molecule has 23 heavy (non-hydrogen) atoms. The first-order valence-corrected chi connectivity index (χ1v) is 8.70. The monoisotopic (exact) mass is 373 g/mol. The number of benzene rings is 1. The number of halogens is 1. The Hall–Kier alpha value is -1.88. The van der Waals surface area contributed by atoms with Gasteiger partial charge in [-0.1, -0.05) is 40.2 Å². The van der Waals surface area contributed by atoms with Crippen LogP contribution in [0.1, 0.15) is 18.4 Å². The van der Waals surface area contributed by atoms with Gasteiger partial charge in [0.1, 0.15) is 5.82 Å². The van der Waals surface area contributed by atoms with Crippen molar-refractivity contribution in [3.05, 3.63) is 58.7 Å². The van der Waals surface area contributed by atoms with E-state index in [1.807, 2.05) is 36.4 Å². The number of pyridine rings is 1. The lowest BCUT2D eigenvalue weighted by atomic mass is 10.1. The molecular formula is C18H20BrN3O. The molecule has 1 unspecified atom stereocenters. The van der Waals surface area contributed by atoms with Crippen LogP contribution in [0.25, 0.3) is 0 Å². The molecule has 0 spiro atoms. The van der Waals surface area contributed by atoms with Gasteiger partial charge in [-0.05, 0) is 36.6 Å². The molecule has 0 radical (unpaired) electrons. The molecule has 3 rings (SSSR count). The highest BCUT2D eigenvalue weighted by atomic mass is 79.9. The molecule has 5 heteroatoms. The summed E-state index contributed by atoms with van der Waals surface area (Å²) in [5, 5.41) is 3.14. The third-order valence-corrected chi connectivity index (χ3v) is 4.88. The van der Waals surface area contributed by atoms with Crippen molar-refractivity contribution < 1.29 is 4.79 Å². The minimum absolute atomic E-state index is 0.119. The number of carbonyl (C=O) groups excluding carboxylic acids is 1. The number of hydrogen-bond acceptors (Lipinski definition) is 3. The molecule has 1 amide bonds. The average Bonchev–Trinajstić information content (AvgIpc) is 3.03. The molecule has 1 N–H and O–H groups in total. The smallest absolute Gasteiger partial charge is 0.220 e. The Kier molecular flexibility index (Phi) is 5.28. The summed E-state index contributed by atoms with van der Waals surface area (Å²) >= 11 is 3.52. The van der Waals surface area contributed by atoms with E-state index in [1.165, 1.54) is 5.56 Å². The number of hydrogen-bond donors (Lipinski definition) is 1. The summed E-state index contributed by atoms with van der Waals surface area (Å²) in [6, 6.07) is 14.2. The Morgan fingerprint density at radius 2 is 2.09 bits per heavy atom. The van der Waals surface area contributed by atoms with E-state index >= 15 is 0 Å². The average molecular weight is 374 g/mol. The summed E-state index contributed by atoms with van der Waals surface area (Å²) in [4.78, 5) is 18.8. The fourth-order valence-corrected chi connectivity index (χ4v) is 3.36. The van der Waals surface area contributed by atoms with Crippen LogP contribution >= 0.6 is 15.9 Å². The quantitative estimate of drug-likeness (QED) is 0.875. The minimum atomic E-state index is 0.119. The molecule has 1 aliphatic rings. The number of nitrogens with zero attached hydrogens (tertiary/aromatic N) is 2. The maximum Gasteiger partial charge on any atom is 0.220 e. The van der Waals surface area contributed by atoms with E-state index in [9.17, 15) is 4.79 Å². The first-order valence-electron chi connectivity index (χ1n) is 7.91. The topological polar surface area (TPSA) is 45.2 Å². The van der Waals surface area contributed by atoms with E-state index < -0.39 is 0 Å². The van der Waals surface area contributed by atoms with Crippen molar-refractivity contribution in [2.75, 3.05) is 18.0 Å². The Balaban J connectivity index is 1.47. The van der Waals surface area contributed by atoms with Crippen LogP contribution in [0.3, 0.4) is 0 Å². The van der Waals surface area contributed by atoms with Gasteiger partial charge < -0.3 is 10.2 Å². The highest BCUT2D eigenvalue weighted by molar-refractivity contribution is 9.10. The molecule has 4 nitrogen and oxygen atoms in total. The Morgan fingerprint density at radius 1 is 1.26 bits per heavy atom. The van der Waals surface area contributed by atoms with Crippen molar-refractivity contribution in [1.29, 1.82) is 0 Å². The molecule has 1 atom stereocenters. The van der Waals surface area contributed by atoms with Crippen molar-refractivity contribution in [2.45, 2.75) is 25.3 Å². The van der Waals surface area contributed by atoms with Gasteiger partial charge in [-0.15, -0.1) is 0 Å². The summed E-state index contributed by atoms with van der Waals surface area (Å²) in [5.74, 6) is 1.10. The lowest BCUT2D eigenvalue weighted by Gasteiger charge is -2.17. The molecule has 0 aliphatic carbocycles. The van der Waals surface area contributed by atoms with Gasteiger partial charge in [0.05, 0.1) is 0 Å². The predicted octanol–water partition coefficient (Wildman–Crippen LogP) is 3.17. The molecule has 0 saturated carbocycles. The van der Waals surface area contributed by atoms with Crippen LogP contribution in [0.2, 0.25) is 0 Å². The number of amides is 1. The van der Waals surface area contributed by atoms with Crippen LogP contribution in [0.4, 0.5) is 5.82 Å². The van der Waals surface area contributed by atoms with E-state index in [0.29, 0.717) is 6.42 Å². The molecule has 120 valence electrons. The van der Waals surface area contributed by atoms with Gasteiger partial charge in [0, 0.05) is 36.2 Å². The van der Waals surface area contributed by atoms with E-state index in [1.54, 1.807) is 6.20 Å². The van der Waals surface area contributed by atoms with Crippen LogP contribution in [0, 0.1) is 0 Å². The lowest BCUT2D eigenvalue weighted by Crippen LogP contribution is -2.37. The van der Waals surface area contributed by atoms with Gasteiger partial charge in [0.25, 0.3) is 0 Å². The fraction of sp³-hybridized carbons (Fsp3) is 0.333. The lowest BCUT2D eigenvalue weighted by molar-refractivity contribution is -0.121. The zero-order valence-corrected chi connectivity index (χ0v) is 14.5. The third-order valence-electron chi connectivity index (χ3n) is 4.11. The normalized spacial score (nSPS) is 17.3. The number of carbonyl (C=O) groups is 1. The van der Waals surface area contributed by atoms with Crippen molar-refractivity contribution in [3.8, 4) is 0 Å². The van der Waals surface area contributed by atoms with Gasteiger partial charge in [-0.2, -0.15) is 0 Å². The first-order chi connectivity index (χ1) is 11.2. The number of nitrogens with one attached hydrogen (secondary N) is 1. The second kappa shape index (κ2) is 7.59. The second-order valence-corrected chi connectivity index (χ2v) is 6.63. The number of anilines is 1. The molecule has 1 aliphatic heterocycles.